The zero-order chi connectivity index (χ0) is 11.4. The van der Waals surface area contributed by atoms with E-state index in [1.807, 2.05) is 0 Å². The Morgan fingerprint density at radius 3 is 1.79 bits per heavy atom. The van der Waals surface area contributed by atoms with Crippen molar-refractivity contribution in [2.24, 2.45) is 0 Å². The van der Waals surface area contributed by atoms with E-state index in [-0.39, 0.29) is 13.1 Å². The van der Waals surface area contributed by atoms with E-state index in [1.54, 1.807) is 13.8 Å². The lowest BCUT2D eigenvalue weighted by Gasteiger charge is -2.27. The molecule has 0 saturated carbocycles. The quantitative estimate of drug-likeness (QED) is 0.642. The van der Waals surface area contributed by atoms with E-state index in [9.17, 15) is 22.0 Å². The Kier molecular flexibility index (Phi) is 4.77. The second kappa shape index (κ2) is 4.91. The highest BCUT2D eigenvalue weighted by Crippen LogP contribution is 2.35. The fourth-order valence-corrected chi connectivity index (χ4v) is 1.04. The summed E-state index contributed by atoms with van der Waals surface area (Å²) in [5.41, 5.74) is 0. The molecule has 1 nitrogen and oxygen atoms in total. The number of alkyl halides is 5. The summed E-state index contributed by atoms with van der Waals surface area (Å²) in [6, 6.07) is 0. The Balaban J connectivity index is 4.32. The second-order valence-corrected chi connectivity index (χ2v) is 3.07. The van der Waals surface area contributed by atoms with Gasteiger partial charge in [0.1, 0.15) is 0 Å². The number of hydrogen-bond donors (Lipinski definition) is 0. The molecule has 0 unspecified atom stereocenters. The molecule has 0 aliphatic carbocycles. The molecule has 0 saturated heterocycles. The summed E-state index contributed by atoms with van der Waals surface area (Å²) in [6.45, 7) is 2.49. The molecule has 0 heterocycles. The summed E-state index contributed by atoms with van der Waals surface area (Å²) in [6.07, 6.45) is -4.89. The van der Waals surface area contributed by atoms with Crippen LogP contribution < -0.4 is 0 Å². The normalized spacial score (nSPS) is 13.7. The molecule has 0 spiro atoms. The predicted octanol–water partition coefficient (Wildman–Crippen LogP) is 2.92. The molecule has 0 aromatic rings. The first kappa shape index (κ1) is 13.6. The van der Waals surface area contributed by atoms with Crippen molar-refractivity contribution in [2.75, 3.05) is 19.6 Å². The van der Waals surface area contributed by atoms with Crippen LogP contribution in [0.15, 0.2) is 0 Å². The smallest absolute Gasteiger partial charge is 0.297 e. The van der Waals surface area contributed by atoms with Gasteiger partial charge in [-0.05, 0) is 19.5 Å². The van der Waals surface area contributed by atoms with Crippen LogP contribution in [0.1, 0.15) is 20.3 Å². The summed E-state index contributed by atoms with van der Waals surface area (Å²) >= 11 is 0. The lowest BCUT2D eigenvalue weighted by atomic mass is 10.3. The Bertz CT molecular complexity index is 166. The van der Waals surface area contributed by atoms with Gasteiger partial charge in [0.05, 0.1) is 6.54 Å². The lowest BCUT2D eigenvalue weighted by Crippen LogP contribution is -2.47. The fraction of sp³-hybridized carbons (Fsp3) is 1.00. The highest BCUT2D eigenvalue weighted by molar-refractivity contribution is 4.79. The summed E-state index contributed by atoms with van der Waals surface area (Å²) in [5, 5.41) is 0. The van der Waals surface area contributed by atoms with Crippen LogP contribution in [0.25, 0.3) is 0 Å². The van der Waals surface area contributed by atoms with Crippen molar-refractivity contribution in [3.05, 3.63) is 0 Å². The molecule has 0 atom stereocenters. The topological polar surface area (TPSA) is 3.24 Å². The van der Waals surface area contributed by atoms with Crippen molar-refractivity contribution in [1.29, 1.82) is 0 Å². The van der Waals surface area contributed by atoms with E-state index >= 15 is 0 Å². The van der Waals surface area contributed by atoms with E-state index in [0.29, 0.717) is 6.42 Å². The summed E-state index contributed by atoms with van der Waals surface area (Å²) in [7, 11) is 0. The van der Waals surface area contributed by atoms with E-state index in [4.69, 9.17) is 0 Å². The Morgan fingerprint density at radius 1 is 1.00 bits per heavy atom. The molecule has 0 aromatic carbocycles. The number of halogens is 5. The van der Waals surface area contributed by atoms with E-state index in [0.717, 1.165) is 4.90 Å². The molecular formula is C8H14F5N. The van der Waals surface area contributed by atoms with Gasteiger partial charge in [0.25, 0.3) is 0 Å². The van der Waals surface area contributed by atoms with Gasteiger partial charge in [0.15, 0.2) is 0 Å². The predicted molar refractivity (Wildman–Crippen MR) is 43.4 cm³/mol. The third kappa shape index (κ3) is 3.77. The van der Waals surface area contributed by atoms with Gasteiger partial charge in [-0.1, -0.05) is 13.8 Å². The molecule has 6 heteroatoms. The van der Waals surface area contributed by atoms with Gasteiger partial charge < -0.3 is 0 Å². The molecule has 0 radical (unpaired) electrons. The molecule has 14 heavy (non-hydrogen) atoms. The minimum absolute atomic E-state index is 0.194. The highest BCUT2D eigenvalue weighted by atomic mass is 19.4. The van der Waals surface area contributed by atoms with Crippen LogP contribution in [0, 0.1) is 0 Å². The van der Waals surface area contributed by atoms with E-state index in [1.165, 1.54) is 0 Å². The maximum Gasteiger partial charge on any atom is 0.454 e. The Hall–Kier alpha value is -0.390. The van der Waals surface area contributed by atoms with Crippen LogP contribution in [0.2, 0.25) is 0 Å². The maximum absolute atomic E-state index is 12.5. The van der Waals surface area contributed by atoms with Gasteiger partial charge in [-0.3, -0.25) is 4.90 Å². The number of rotatable bonds is 5. The SMILES string of the molecule is CCCN(CC)CC(F)(F)C(F)(F)F. The third-order valence-electron chi connectivity index (χ3n) is 1.82. The van der Waals surface area contributed by atoms with E-state index in [2.05, 4.69) is 0 Å². The van der Waals surface area contributed by atoms with Crippen molar-refractivity contribution in [3.63, 3.8) is 0 Å². The molecule has 0 fully saturated rings. The molecular weight excluding hydrogens is 205 g/mol. The zero-order valence-electron chi connectivity index (χ0n) is 8.17. The average molecular weight is 219 g/mol. The van der Waals surface area contributed by atoms with Crippen LogP contribution >= 0.6 is 0 Å². The van der Waals surface area contributed by atoms with Crippen LogP contribution in [0.4, 0.5) is 22.0 Å². The van der Waals surface area contributed by atoms with Crippen molar-refractivity contribution in [2.45, 2.75) is 32.4 Å². The molecule has 0 aromatic heterocycles. The van der Waals surface area contributed by atoms with Gasteiger partial charge in [-0.25, -0.2) is 0 Å². The summed E-state index contributed by atoms with van der Waals surface area (Å²) in [5.74, 6) is -4.61. The van der Waals surface area contributed by atoms with Crippen LogP contribution in [0.3, 0.4) is 0 Å². The first-order valence-electron chi connectivity index (χ1n) is 4.41. The summed E-state index contributed by atoms with van der Waals surface area (Å²) in [4.78, 5) is 1.09. The molecule has 0 aliphatic heterocycles. The minimum Gasteiger partial charge on any atom is -0.297 e. The van der Waals surface area contributed by atoms with Crippen LogP contribution in [-0.4, -0.2) is 36.6 Å². The Labute approximate surface area is 79.9 Å². The molecule has 0 amide bonds. The van der Waals surface area contributed by atoms with Crippen LogP contribution in [0.5, 0.6) is 0 Å². The van der Waals surface area contributed by atoms with Crippen LogP contribution in [-0.2, 0) is 0 Å². The van der Waals surface area contributed by atoms with Gasteiger partial charge in [-0.15, -0.1) is 0 Å². The van der Waals surface area contributed by atoms with Gasteiger partial charge in [0, 0.05) is 0 Å². The molecule has 0 rings (SSSR count). The molecule has 86 valence electrons. The van der Waals surface area contributed by atoms with Crippen molar-refractivity contribution in [1.82, 2.24) is 4.90 Å². The van der Waals surface area contributed by atoms with E-state index < -0.39 is 18.6 Å². The third-order valence-corrected chi connectivity index (χ3v) is 1.82. The monoisotopic (exact) mass is 219 g/mol. The molecule has 0 aliphatic rings. The number of nitrogens with zero attached hydrogens (tertiary/aromatic N) is 1. The van der Waals surface area contributed by atoms with Crippen molar-refractivity contribution >= 4 is 0 Å². The van der Waals surface area contributed by atoms with Gasteiger partial charge in [-0.2, -0.15) is 22.0 Å². The van der Waals surface area contributed by atoms with Gasteiger partial charge >= 0.3 is 12.1 Å². The number of hydrogen-bond acceptors (Lipinski definition) is 1. The standard InChI is InChI=1S/C8H14F5N/c1-3-5-14(4-2)6-7(9,10)8(11,12)13/h3-6H2,1-2H3. The largest absolute Gasteiger partial charge is 0.454 e. The second-order valence-electron chi connectivity index (χ2n) is 3.07. The van der Waals surface area contributed by atoms with Crippen molar-refractivity contribution in [3.8, 4) is 0 Å². The first-order valence-corrected chi connectivity index (χ1v) is 4.41. The average Bonchev–Trinajstić information content (AvgIpc) is 2.01. The minimum atomic E-state index is -5.45. The fourth-order valence-electron chi connectivity index (χ4n) is 1.04. The first-order chi connectivity index (χ1) is 6.24. The Morgan fingerprint density at radius 2 is 1.50 bits per heavy atom. The highest BCUT2D eigenvalue weighted by Gasteiger charge is 2.57. The maximum atomic E-state index is 12.5. The van der Waals surface area contributed by atoms with Gasteiger partial charge in [0.2, 0.25) is 0 Å². The molecule has 0 N–H and O–H groups in total. The molecule has 0 bridgehead atoms. The van der Waals surface area contributed by atoms with Crippen molar-refractivity contribution < 1.29 is 22.0 Å². The summed E-state index contributed by atoms with van der Waals surface area (Å²) < 4.78 is 60.4. The zero-order valence-corrected chi connectivity index (χ0v) is 8.17. The lowest BCUT2D eigenvalue weighted by molar-refractivity contribution is -0.286.